The van der Waals surface area contributed by atoms with Gasteiger partial charge < -0.3 is 5.73 Å². The highest BCUT2D eigenvalue weighted by Crippen LogP contribution is 2.55. The summed E-state index contributed by atoms with van der Waals surface area (Å²) in [4.78, 5) is 14.1. The third kappa shape index (κ3) is 3.62. The van der Waals surface area contributed by atoms with E-state index in [0.29, 0.717) is 16.1 Å². The zero-order valence-electron chi connectivity index (χ0n) is 16.4. The monoisotopic (exact) mass is 456 g/mol. The molecule has 30 heavy (non-hydrogen) atoms. The van der Waals surface area contributed by atoms with Crippen LogP contribution < -0.4 is 5.73 Å². The molecule has 2 heterocycles. The molecule has 2 aliphatic rings. The molecule has 0 unspecified atom stereocenters. The SMILES string of the molecule is N[C@H]1c2ccccc2CC12CCC(c1cnc(Sc3ccnc(Cl)c3Cl)cn1)CC2. The second-order valence-electron chi connectivity index (χ2n) is 8.29. The lowest BCUT2D eigenvalue weighted by atomic mass is 9.66. The fraction of sp³-hybridized carbons (Fsp3) is 0.348. The molecule has 0 radical (unpaired) electrons. The van der Waals surface area contributed by atoms with E-state index in [4.69, 9.17) is 33.9 Å². The minimum absolute atomic E-state index is 0.149. The zero-order valence-corrected chi connectivity index (χ0v) is 18.7. The van der Waals surface area contributed by atoms with Crippen molar-refractivity contribution in [2.24, 2.45) is 11.1 Å². The Balaban J connectivity index is 1.26. The van der Waals surface area contributed by atoms with Crippen LogP contribution >= 0.6 is 35.0 Å². The predicted octanol–water partition coefficient (Wildman–Crippen LogP) is 6.23. The molecule has 154 valence electrons. The van der Waals surface area contributed by atoms with Gasteiger partial charge >= 0.3 is 0 Å². The Morgan fingerprint density at radius 3 is 2.53 bits per heavy atom. The van der Waals surface area contributed by atoms with Crippen molar-refractivity contribution in [2.45, 2.75) is 54.0 Å². The Labute approximate surface area is 190 Å². The molecule has 5 rings (SSSR count). The molecule has 3 aromatic rings. The molecule has 1 fully saturated rings. The molecule has 0 amide bonds. The Morgan fingerprint density at radius 2 is 1.80 bits per heavy atom. The first-order chi connectivity index (χ1) is 14.6. The third-order valence-electron chi connectivity index (χ3n) is 6.67. The van der Waals surface area contributed by atoms with E-state index in [1.54, 1.807) is 6.20 Å². The number of rotatable bonds is 3. The molecule has 2 aliphatic carbocycles. The van der Waals surface area contributed by atoms with E-state index in [-0.39, 0.29) is 11.5 Å². The van der Waals surface area contributed by atoms with Gasteiger partial charge in [0.2, 0.25) is 0 Å². The molecular formula is C23H22Cl2N4S. The van der Waals surface area contributed by atoms with Crippen LogP contribution in [0.3, 0.4) is 0 Å². The van der Waals surface area contributed by atoms with Gasteiger partial charge in [0.15, 0.2) is 0 Å². The summed E-state index contributed by atoms with van der Waals surface area (Å²) < 4.78 is 0. The van der Waals surface area contributed by atoms with Crippen LogP contribution in [0.4, 0.5) is 0 Å². The fourth-order valence-electron chi connectivity index (χ4n) is 4.98. The summed E-state index contributed by atoms with van der Waals surface area (Å²) >= 11 is 13.7. The van der Waals surface area contributed by atoms with Gasteiger partial charge in [-0.2, -0.15) is 0 Å². The normalized spacial score (nSPS) is 25.4. The number of fused-ring (bicyclic) bond motifs is 1. The lowest BCUT2D eigenvalue weighted by Crippen LogP contribution is -2.35. The van der Waals surface area contributed by atoms with E-state index in [2.05, 4.69) is 34.2 Å². The Morgan fingerprint density at radius 1 is 1.00 bits per heavy atom. The topological polar surface area (TPSA) is 64.7 Å². The van der Waals surface area contributed by atoms with Gasteiger partial charge in [-0.15, -0.1) is 0 Å². The van der Waals surface area contributed by atoms with Gasteiger partial charge in [0.05, 0.1) is 23.1 Å². The number of aromatic nitrogens is 3. The first-order valence-corrected chi connectivity index (χ1v) is 11.8. The van der Waals surface area contributed by atoms with Crippen molar-refractivity contribution in [1.29, 1.82) is 0 Å². The highest BCUT2D eigenvalue weighted by Gasteiger charge is 2.46. The van der Waals surface area contributed by atoms with Crippen molar-refractivity contribution in [1.82, 2.24) is 15.0 Å². The van der Waals surface area contributed by atoms with Gasteiger partial charge in [-0.3, -0.25) is 4.98 Å². The second kappa shape index (κ2) is 8.12. The zero-order chi connectivity index (χ0) is 20.7. The molecule has 1 spiro atoms. The Kier molecular flexibility index (Phi) is 5.48. The summed E-state index contributed by atoms with van der Waals surface area (Å²) in [7, 11) is 0. The summed E-state index contributed by atoms with van der Waals surface area (Å²) in [6, 6.07) is 10.6. The number of benzene rings is 1. The molecule has 7 heteroatoms. The van der Waals surface area contributed by atoms with E-state index in [1.807, 2.05) is 18.5 Å². The van der Waals surface area contributed by atoms with E-state index in [0.717, 1.165) is 47.7 Å². The van der Waals surface area contributed by atoms with Gasteiger partial charge in [0, 0.05) is 23.1 Å². The number of pyridine rings is 1. The van der Waals surface area contributed by atoms with Crippen molar-refractivity contribution in [3.05, 3.63) is 75.9 Å². The highest BCUT2D eigenvalue weighted by molar-refractivity contribution is 7.99. The number of hydrogen-bond donors (Lipinski definition) is 1. The maximum absolute atomic E-state index is 6.70. The largest absolute Gasteiger partial charge is 0.323 e. The van der Waals surface area contributed by atoms with Crippen LogP contribution in [0.15, 0.2) is 58.8 Å². The average molecular weight is 457 g/mol. The van der Waals surface area contributed by atoms with E-state index in [9.17, 15) is 0 Å². The van der Waals surface area contributed by atoms with Gasteiger partial charge in [0.1, 0.15) is 10.2 Å². The molecule has 1 saturated carbocycles. The number of hydrogen-bond acceptors (Lipinski definition) is 5. The smallest absolute Gasteiger partial charge is 0.148 e. The molecular weight excluding hydrogens is 435 g/mol. The van der Waals surface area contributed by atoms with E-state index < -0.39 is 0 Å². The molecule has 2 aromatic heterocycles. The number of nitrogens with two attached hydrogens (primary N) is 1. The molecule has 2 N–H and O–H groups in total. The molecule has 0 saturated heterocycles. The quantitative estimate of drug-likeness (QED) is 0.473. The molecule has 0 bridgehead atoms. The predicted molar refractivity (Wildman–Crippen MR) is 121 cm³/mol. The lowest BCUT2D eigenvalue weighted by molar-refractivity contribution is 0.148. The molecule has 4 nitrogen and oxygen atoms in total. The molecule has 1 atom stereocenters. The molecule has 1 aromatic carbocycles. The van der Waals surface area contributed by atoms with Crippen LogP contribution in [-0.2, 0) is 6.42 Å². The van der Waals surface area contributed by atoms with Crippen LogP contribution in [0.25, 0.3) is 0 Å². The number of halogens is 2. The van der Waals surface area contributed by atoms with Crippen molar-refractivity contribution in [3.63, 3.8) is 0 Å². The van der Waals surface area contributed by atoms with Crippen molar-refractivity contribution < 1.29 is 0 Å². The Bertz CT molecular complexity index is 1070. The molecule has 0 aliphatic heterocycles. The summed E-state index contributed by atoms with van der Waals surface area (Å²) in [6.45, 7) is 0. The van der Waals surface area contributed by atoms with Gasteiger partial charge in [0.25, 0.3) is 0 Å². The summed E-state index contributed by atoms with van der Waals surface area (Å²) in [6.07, 6.45) is 11.0. The minimum atomic E-state index is 0.149. The van der Waals surface area contributed by atoms with Gasteiger partial charge in [-0.05, 0) is 54.7 Å². The summed E-state index contributed by atoms with van der Waals surface area (Å²) in [5, 5.41) is 1.54. The van der Waals surface area contributed by atoms with Crippen LogP contribution in [0.1, 0.15) is 54.5 Å². The Hall–Kier alpha value is -1.66. The average Bonchev–Trinajstić information content (AvgIpc) is 3.04. The van der Waals surface area contributed by atoms with Crippen LogP contribution in [0, 0.1) is 5.41 Å². The van der Waals surface area contributed by atoms with Crippen molar-refractivity contribution in [3.8, 4) is 0 Å². The highest BCUT2D eigenvalue weighted by atomic mass is 35.5. The summed E-state index contributed by atoms with van der Waals surface area (Å²) in [5.74, 6) is 0.442. The first kappa shape index (κ1) is 20.3. The minimum Gasteiger partial charge on any atom is -0.323 e. The maximum atomic E-state index is 6.70. The first-order valence-electron chi connectivity index (χ1n) is 10.2. The third-order valence-corrected chi connectivity index (χ3v) is 8.52. The van der Waals surface area contributed by atoms with Crippen molar-refractivity contribution in [2.75, 3.05) is 0 Å². The summed E-state index contributed by atoms with van der Waals surface area (Å²) in [5.41, 5.74) is 10.7. The van der Waals surface area contributed by atoms with Crippen LogP contribution in [0.2, 0.25) is 10.2 Å². The van der Waals surface area contributed by atoms with Crippen molar-refractivity contribution >= 4 is 35.0 Å². The van der Waals surface area contributed by atoms with Gasteiger partial charge in [-0.1, -0.05) is 59.2 Å². The lowest BCUT2D eigenvalue weighted by Gasteiger charge is -2.40. The fourth-order valence-corrected chi connectivity index (χ4v) is 6.17. The second-order valence-corrected chi connectivity index (χ2v) is 10.1. The maximum Gasteiger partial charge on any atom is 0.148 e. The number of nitrogens with zero attached hydrogens (tertiary/aromatic N) is 3. The van der Waals surface area contributed by atoms with E-state index in [1.165, 1.54) is 22.9 Å². The van der Waals surface area contributed by atoms with Gasteiger partial charge in [-0.25, -0.2) is 9.97 Å². The van der Waals surface area contributed by atoms with E-state index >= 15 is 0 Å². The standard InChI is InChI=1S/C23H22Cl2N4S/c24-20-18(7-10-27-22(20)25)30-19-13-28-17(12-29-19)14-5-8-23(9-6-14)11-15-3-1-2-4-16(15)21(23)26/h1-4,7,10,12-14,21H,5-6,8-9,11,26H2/t14?,21-,23?/m0/s1. The van der Waals surface area contributed by atoms with Crippen LogP contribution in [0.5, 0.6) is 0 Å². The van der Waals surface area contributed by atoms with Crippen LogP contribution in [-0.4, -0.2) is 15.0 Å².